The molecule has 0 radical (unpaired) electrons. The van der Waals surface area contributed by atoms with Crippen LogP contribution in [0.15, 0.2) is 0 Å². The molecule has 0 saturated heterocycles. The van der Waals surface area contributed by atoms with E-state index in [4.69, 9.17) is 20.0 Å². The third kappa shape index (κ3) is 5.95. The Morgan fingerprint density at radius 3 is 2.20 bits per heavy atom. The highest BCUT2D eigenvalue weighted by Gasteiger charge is 2.32. The van der Waals surface area contributed by atoms with Gasteiger partial charge in [-0.3, -0.25) is 4.52 Å². The van der Waals surface area contributed by atoms with Crippen LogP contribution in [0.2, 0.25) is 0 Å². The summed E-state index contributed by atoms with van der Waals surface area (Å²) in [5.74, 6) is 0. The Hall–Kier alpha value is -0.340. The highest BCUT2D eigenvalue weighted by Crippen LogP contribution is 2.39. The Labute approximate surface area is 85.4 Å². The van der Waals surface area contributed by atoms with Crippen molar-refractivity contribution in [1.29, 1.82) is 0 Å². The van der Waals surface area contributed by atoms with Gasteiger partial charge in [0, 0.05) is 6.42 Å². The number of carbonyl (C=O) groups is 1. The first-order valence-electron chi connectivity index (χ1n) is 3.96. The predicted molar refractivity (Wildman–Crippen MR) is 46.7 cm³/mol. The molecule has 0 aliphatic heterocycles. The SMILES string of the molecule is O=CC[C@@H](OP(=O)(O)O)[C@H](O)[C@H](O)CO. The smallest absolute Gasteiger partial charge is 0.394 e. The third-order valence-electron chi connectivity index (χ3n) is 1.56. The van der Waals surface area contributed by atoms with Crippen molar-refractivity contribution < 1.29 is 39.0 Å². The normalized spacial score (nSPS) is 18.2. The van der Waals surface area contributed by atoms with E-state index in [9.17, 15) is 14.5 Å². The van der Waals surface area contributed by atoms with Crippen LogP contribution in [0.3, 0.4) is 0 Å². The van der Waals surface area contributed by atoms with Crippen molar-refractivity contribution in [3.05, 3.63) is 0 Å². The van der Waals surface area contributed by atoms with Gasteiger partial charge in [0.1, 0.15) is 24.6 Å². The van der Waals surface area contributed by atoms with Crippen molar-refractivity contribution in [3.63, 3.8) is 0 Å². The minimum absolute atomic E-state index is 0.271. The number of hydrogen-bond acceptors (Lipinski definition) is 6. The maximum atomic E-state index is 10.4. The summed E-state index contributed by atoms with van der Waals surface area (Å²) in [5.41, 5.74) is 0. The van der Waals surface area contributed by atoms with Crippen LogP contribution in [0.1, 0.15) is 6.42 Å². The summed E-state index contributed by atoms with van der Waals surface area (Å²) in [6, 6.07) is 0. The lowest BCUT2D eigenvalue weighted by Crippen LogP contribution is -2.40. The fourth-order valence-corrected chi connectivity index (χ4v) is 1.44. The van der Waals surface area contributed by atoms with Crippen molar-refractivity contribution in [1.82, 2.24) is 0 Å². The van der Waals surface area contributed by atoms with E-state index < -0.39 is 39.2 Å². The second kappa shape index (κ2) is 6.29. The van der Waals surface area contributed by atoms with Gasteiger partial charge in [-0.05, 0) is 0 Å². The number of rotatable bonds is 7. The predicted octanol–water partition coefficient (Wildman–Crippen LogP) is -2.23. The van der Waals surface area contributed by atoms with Crippen LogP contribution in [0.5, 0.6) is 0 Å². The van der Waals surface area contributed by atoms with Crippen LogP contribution in [0.25, 0.3) is 0 Å². The molecule has 90 valence electrons. The number of phosphoric acid groups is 1. The average molecular weight is 244 g/mol. The minimum Gasteiger partial charge on any atom is -0.394 e. The Balaban J connectivity index is 4.50. The molecule has 0 aliphatic carbocycles. The van der Waals surface area contributed by atoms with Crippen LogP contribution in [0.4, 0.5) is 0 Å². The van der Waals surface area contributed by atoms with Crippen LogP contribution in [-0.4, -0.2) is 56.3 Å². The molecule has 8 nitrogen and oxygen atoms in total. The van der Waals surface area contributed by atoms with Crippen molar-refractivity contribution in [3.8, 4) is 0 Å². The summed E-state index contributed by atoms with van der Waals surface area (Å²) >= 11 is 0. The first kappa shape index (κ1) is 14.7. The van der Waals surface area contributed by atoms with Gasteiger partial charge in [-0.25, -0.2) is 4.57 Å². The van der Waals surface area contributed by atoms with Gasteiger partial charge in [0.25, 0.3) is 0 Å². The number of aliphatic hydroxyl groups excluding tert-OH is 3. The van der Waals surface area contributed by atoms with Crippen molar-refractivity contribution in [2.45, 2.75) is 24.7 Å². The van der Waals surface area contributed by atoms with E-state index in [1.807, 2.05) is 0 Å². The lowest BCUT2D eigenvalue weighted by molar-refractivity contribution is -0.114. The zero-order valence-electron chi connectivity index (χ0n) is 7.63. The molecule has 0 spiro atoms. The quantitative estimate of drug-likeness (QED) is 0.250. The highest BCUT2D eigenvalue weighted by molar-refractivity contribution is 7.46. The fraction of sp³-hybridized carbons (Fsp3) is 0.833. The molecule has 0 fully saturated rings. The first-order chi connectivity index (χ1) is 6.81. The van der Waals surface area contributed by atoms with Crippen molar-refractivity contribution >= 4 is 14.1 Å². The third-order valence-corrected chi connectivity index (χ3v) is 2.11. The standard InChI is InChI=1S/C6H13O8P/c7-2-1-5(14-15(11,12)13)6(10)4(9)3-8/h2,4-6,8-10H,1,3H2,(H2,11,12,13)/t4-,5-,6-/m1/s1. The molecule has 0 rings (SSSR count). The maximum absolute atomic E-state index is 10.4. The summed E-state index contributed by atoms with van der Waals surface area (Å²) in [7, 11) is -4.87. The molecule has 0 aromatic rings. The number of aldehydes is 1. The Morgan fingerprint density at radius 1 is 1.33 bits per heavy atom. The summed E-state index contributed by atoms with van der Waals surface area (Å²) in [6.07, 6.45) is -5.20. The van der Waals surface area contributed by atoms with Crippen LogP contribution >= 0.6 is 7.82 Å². The zero-order chi connectivity index (χ0) is 12.1. The van der Waals surface area contributed by atoms with Gasteiger partial charge in [-0.2, -0.15) is 0 Å². The lowest BCUT2D eigenvalue weighted by Gasteiger charge is -2.24. The van der Waals surface area contributed by atoms with E-state index in [1.165, 1.54) is 0 Å². The Morgan fingerprint density at radius 2 is 1.87 bits per heavy atom. The van der Waals surface area contributed by atoms with E-state index in [0.29, 0.717) is 0 Å². The van der Waals surface area contributed by atoms with Gasteiger partial charge in [0.2, 0.25) is 0 Å². The number of phosphoric ester groups is 1. The van der Waals surface area contributed by atoms with E-state index in [1.54, 1.807) is 0 Å². The molecule has 0 heterocycles. The van der Waals surface area contributed by atoms with Gasteiger partial charge in [0.05, 0.1) is 6.61 Å². The summed E-state index contributed by atoms with van der Waals surface area (Å²) in [5, 5.41) is 26.7. The Bertz CT molecular complexity index is 237. The summed E-state index contributed by atoms with van der Waals surface area (Å²) in [4.78, 5) is 27.0. The van der Waals surface area contributed by atoms with E-state index in [0.717, 1.165) is 0 Å². The second-order valence-electron chi connectivity index (χ2n) is 2.78. The highest BCUT2D eigenvalue weighted by atomic mass is 31.2. The average Bonchev–Trinajstić information content (AvgIpc) is 2.13. The van der Waals surface area contributed by atoms with Gasteiger partial charge in [-0.15, -0.1) is 0 Å². The number of hydrogen-bond donors (Lipinski definition) is 5. The number of aliphatic hydroxyl groups is 3. The monoisotopic (exact) mass is 244 g/mol. The maximum Gasteiger partial charge on any atom is 0.469 e. The number of carbonyl (C=O) groups excluding carboxylic acids is 1. The molecule has 0 aromatic heterocycles. The van der Waals surface area contributed by atoms with Gasteiger partial charge in [-0.1, -0.05) is 0 Å². The zero-order valence-corrected chi connectivity index (χ0v) is 8.53. The van der Waals surface area contributed by atoms with Crippen LogP contribution in [0, 0.1) is 0 Å². The molecule has 0 unspecified atom stereocenters. The van der Waals surface area contributed by atoms with Gasteiger partial charge >= 0.3 is 7.82 Å². The molecule has 5 N–H and O–H groups in total. The molecule has 0 aliphatic rings. The molecule has 3 atom stereocenters. The molecular weight excluding hydrogens is 231 g/mol. The topological polar surface area (TPSA) is 145 Å². The molecule has 0 saturated carbocycles. The van der Waals surface area contributed by atoms with Crippen molar-refractivity contribution in [2.75, 3.05) is 6.61 Å². The van der Waals surface area contributed by atoms with E-state index in [-0.39, 0.29) is 6.29 Å². The molecule has 0 amide bonds. The molecule has 9 heteroatoms. The molecule has 0 bridgehead atoms. The lowest BCUT2D eigenvalue weighted by atomic mass is 10.1. The largest absolute Gasteiger partial charge is 0.469 e. The fourth-order valence-electron chi connectivity index (χ4n) is 0.872. The summed E-state index contributed by atoms with van der Waals surface area (Å²) < 4.78 is 14.5. The van der Waals surface area contributed by atoms with Gasteiger partial charge < -0.3 is 29.9 Å². The van der Waals surface area contributed by atoms with Crippen molar-refractivity contribution in [2.24, 2.45) is 0 Å². The Kier molecular flexibility index (Phi) is 6.15. The van der Waals surface area contributed by atoms with E-state index >= 15 is 0 Å². The van der Waals surface area contributed by atoms with Crippen LogP contribution in [-0.2, 0) is 13.9 Å². The van der Waals surface area contributed by atoms with E-state index in [2.05, 4.69) is 4.52 Å². The minimum atomic E-state index is -4.87. The van der Waals surface area contributed by atoms with Crippen LogP contribution < -0.4 is 0 Å². The second-order valence-corrected chi connectivity index (χ2v) is 3.97. The summed E-state index contributed by atoms with van der Waals surface area (Å²) in [6.45, 7) is -0.818. The molecule has 15 heavy (non-hydrogen) atoms. The molecule has 0 aromatic carbocycles. The van der Waals surface area contributed by atoms with Gasteiger partial charge in [0.15, 0.2) is 0 Å². The first-order valence-corrected chi connectivity index (χ1v) is 5.49. The molecular formula is C6H13O8P.